The van der Waals surface area contributed by atoms with Crippen LogP contribution in [-0.2, 0) is 4.79 Å². The lowest BCUT2D eigenvalue weighted by molar-refractivity contribution is -0.125. The molecule has 1 aliphatic heterocycles. The molecule has 158 valence electrons. The number of aryl methyl sites for hydroxylation is 1. The molecule has 0 bridgehead atoms. The third kappa shape index (κ3) is 4.66. The monoisotopic (exact) mass is 417 g/mol. The van der Waals surface area contributed by atoms with Crippen LogP contribution in [0.4, 0.5) is 11.4 Å². The summed E-state index contributed by atoms with van der Waals surface area (Å²) in [6, 6.07) is 16.4. The summed E-state index contributed by atoms with van der Waals surface area (Å²) >= 11 is 0. The lowest BCUT2D eigenvalue weighted by Gasteiger charge is -2.33. The van der Waals surface area contributed by atoms with Gasteiger partial charge in [-0.1, -0.05) is 17.7 Å². The van der Waals surface area contributed by atoms with Crippen molar-refractivity contribution in [2.24, 2.45) is 0 Å². The number of aromatic nitrogens is 1. The number of hydrogen-bond donors (Lipinski definition) is 1. The number of ether oxygens (including phenoxy) is 2. The normalized spacial score (nSPS) is 15.1. The van der Waals surface area contributed by atoms with E-state index in [0.717, 1.165) is 11.3 Å². The fourth-order valence-electron chi connectivity index (χ4n) is 3.31. The second-order valence-electron chi connectivity index (χ2n) is 7.29. The number of carbonyl (C=O) groups excluding carboxylic acids is 2. The van der Waals surface area contributed by atoms with Crippen LogP contribution < -0.4 is 19.7 Å². The van der Waals surface area contributed by atoms with Crippen molar-refractivity contribution in [2.75, 3.05) is 23.4 Å². The third-order valence-corrected chi connectivity index (χ3v) is 4.95. The molecule has 0 spiro atoms. The molecule has 0 fully saturated rings. The van der Waals surface area contributed by atoms with Gasteiger partial charge in [-0.25, -0.2) is 0 Å². The lowest BCUT2D eigenvalue weighted by atomic mass is 10.1. The molecular formula is C24H23N3O4. The number of rotatable bonds is 6. The molecular weight excluding hydrogens is 394 g/mol. The van der Waals surface area contributed by atoms with Crippen LogP contribution in [0.25, 0.3) is 0 Å². The quantitative estimate of drug-likeness (QED) is 0.659. The maximum absolute atomic E-state index is 12.8. The van der Waals surface area contributed by atoms with Crippen molar-refractivity contribution in [2.45, 2.75) is 20.0 Å². The van der Waals surface area contributed by atoms with Gasteiger partial charge in [-0.3, -0.25) is 14.6 Å². The third-order valence-electron chi connectivity index (χ3n) is 4.95. The van der Waals surface area contributed by atoms with Gasteiger partial charge in [-0.05, 0) is 56.3 Å². The minimum absolute atomic E-state index is 0.157. The largest absolute Gasteiger partial charge is 0.492 e. The number of anilines is 2. The summed E-state index contributed by atoms with van der Waals surface area (Å²) in [4.78, 5) is 30.8. The van der Waals surface area contributed by atoms with E-state index < -0.39 is 6.10 Å². The number of hydrogen-bond acceptors (Lipinski definition) is 5. The first kappa shape index (κ1) is 20.4. The number of nitrogens with one attached hydrogen (secondary N) is 1. The van der Waals surface area contributed by atoms with Crippen molar-refractivity contribution in [3.8, 4) is 11.5 Å². The number of benzene rings is 2. The fraction of sp³-hybridized carbons (Fsp3) is 0.208. The smallest absolute Gasteiger partial charge is 0.267 e. The number of amides is 2. The van der Waals surface area contributed by atoms with Crippen molar-refractivity contribution in [1.82, 2.24) is 4.98 Å². The second kappa shape index (κ2) is 8.87. The predicted octanol–water partition coefficient (Wildman–Crippen LogP) is 3.84. The Kier molecular flexibility index (Phi) is 5.84. The molecule has 4 rings (SSSR count). The summed E-state index contributed by atoms with van der Waals surface area (Å²) in [5, 5.41) is 2.84. The highest BCUT2D eigenvalue weighted by Gasteiger charge is 2.31. The highest BCUT2D eigenvalue weighted by molar-refractivity contribution is 6.05. The van der Waals surface area contributed by atoms with Gasteiger partial charge in [-0.2, -0.15) is 0 Å². The van der Waals surface area contributed by atoms with Crippen LogP contribution in [0.2, 0.25) is 0 Å². The van der Waals surface area contributed by atoms with E-state index in [-0.39, 0.29) is 11.8 Å². The molecule has 2 amide bonds. The highest BCUT2D eigenvalue weighted by atomic mass is 16.5. The van der Waals surface area contributed by atoms with Crippen molar-refractivity contribution in [3.05, 3.63) is 78.1 Å². The van der Waals surface area contributed by atoms with Crippen LogP contribution >= 0.6 is 0 Å². The zero-order valence-corrected chi connectivity index (χ0v) is 17.4. The molecule has 1 N–H and O–H groups in total. The van der Waals surface area contributed by atoms with Crippen LogP contribution in [0, 0.1) is 6.92 Å². The van der Waals surface area contributed by atoms with Gasteiger partial charge in [0.1, 0.15) is 18.1 Å². The van der Waals surface area contributed by atoms with Gasteiger partial charge in [0.15, 0.2) is 6.10 Å². The van der Waals surface area contributed by atoms with Crippen molar-refractivity contribution in [3.63, 3.8) is 0 Å². The van der Waals surface area contributed by atoms with Crippen LogP contribution in [0.1, 0.15) is 22.8 Å². The molecule has 1 aromatic heterocycles. The second-order valence-corrected chi connectivity index (χ2v) is 7.29. The first-order valence-corrected chi connectivity index (χ1v) is 10.0. The number of carbonyl (C=O) groups is 2. The number of fused-ring (bicyclic) bond motifs is 1. The molecule has 0 radical (unpaired) electrons. The molecule has 3 aromatic rings. The van der Waals surface area contributed by atoms with E-state index in [1.165, 1.54) is 6.20 Å². The summed E-state index contributed by atoms with van der Waals surface area (Å²) in [6.07, 6.45) is 2.51. The zero-order valence-electron chi connectivity index (χ0n) is 17.4. The zero-order chi connectivity index (χ0) is 21.8. The van der Waals surface area contributed by atoms with Crippen LogP contribution in [0.3, 0.4) is 0 Å². The number of nitrogens with zero attached hydrogens (tertiary/aromatic N) is 2. The average Bonchev–Trinajstić information content (AvgIpc) is 2.78. The van der Waals surface area contributed by atoms with Crippen molar-refractivity contribution in [1.29, 1.82) is 0 Å². The first-order chi connectivity index (χ1) is 15.0. The van der Waals surface area contributed by atoms with E-state index >= 15 is 0 Å². The molecule has 0 saturated heterocycles. The van der Waals surface area contributed by atoms with E-state index in [2.05, 4.69) is 10.3 Å². The average molecular weight is 417 g/mol. The molecule has 1 unspecified atom stereocenters. The van der Waals surface area contributed by atoms with Gasteiger partial charge in [0.05, 0.1) is 17.8 Å². The van der Waals surface area contributed by atoms with Gasteiger partial charge >= 0.3 is 0 Å². The standard InChI is InChI=1S/C24H23N3O4/c1-16-5-8-20(9-6-16)30-13-12-27-21-14-19(7-10-22(21)31-17(2)24(27)29)26-23(28)18-4-3-11-25-15-18/h3-11,14-15,17H,12-13H2,1-2H3,(H,26,28). The van der Waals surface area contributed by atoms with E-state index in [1.807, 2.05) is 31.2 Å². The van der Waals surface area contributed by atoms with E-state index in [1.54, 1.807) is 48.4 Å². The Morgan fingerprint density at radius 3 is 2.74 bits per heavy atom. The summed E-state index contributed by atoms with van der Waals surface area (Å²) in [5.74, 6) is 0.897. The van der Waals surface area contributed by atoms with Crippen LogP contribution in [-0.4, -0.2) is 36.1 Å². The molecule has 7 nitrogen and oxygen atoms in total. The van der Waals surface area contributed by atoms with Gasteiger partial charge in [0, 0.05) is 18.1 Å². The van der Waals surface area contributed by atoms with E-state index in [9.17, 15) is 9.59 Å². The van der Waals surface area contributed by atoms with Crippen LogP contribution in [0.5, 0.6) is 11.5 Å². The Bertz CT molecular complexity index is 1080. The Labute approximate surface area is 180 Å². The van der Waals surface area contributed by atoms with E-state index in [0.29, 0.717) is 35.8 Å². The molecule has 1 atom stereocenters. The van der Waals surface area contributed by atoms with Gasteiger partial charge in [0.2, 0.25) is 0 Å². The number of pyridine rings is 1. The SMILES string of the molecule is Cc1ccc(OCCN2C(=O)C(C)Oc3ccc(NC(=O)c4cccnc4)cc32)cc1. The topological polar surface area (TPSA) is 80.8 Å². The molecule has 7 heteroatoms. The Morgan fingerprint density at radius 2 is 2.00 bits per heavy atom. The van der Waals surface area contributed by atoms with Gasteiger partial charge < -0.3 is 19.7 Å². The molecule has 1 aliphatic rings. The summed E-state index contributed by atoms with van der Waals surface area (Å²) in [6.45, 7) is 4.41. The minimum atomic E-state index is -0.595. The molecule has 2 aromatic carbocycles. The lowest BCUT2D eigenvalue weighted by Crippen LogP contribution is -2.46. The molecule has 2 heterocycles. The predicted molar refractivity (Wildman–Crippen MR) is 118 cm³/mol. The molecule has 31 heavy (non-hydrogen) atoms. The van der Waals surface area contributed by atoms with Crippen LogP contribution in [0.15, 0.2) is 67.0 Å². The fourth-order valence-corrected chi connectivity index (χ4v) is 3.31. The maximum Gasteiger partial charge on any atom is 0.267 e. The van der Waals surface area contributed by atoms with Crippen molar-refractivity contribution >= 4 is 23.2 Å². The Hall–Kier alpha value is -3.87. The first-order valence-electron chi connectivity index (χ1n) is 10.0. The highest BCUT2D eigenvalue weighted by Crippen LogP contribution is 2.36. The molecule has 0 aliphatic carbocycles. The Balaban J connectivity index is 1.50. The summed E-state index contributed by atoms with van der Waals surface area (Å²) < 4.78 is 11.5. The minimum Gasteiger partial charge on any atom is -0.492 e. The van der Waals surface area contributed by atoms with Crippen molar-refractivity contribution < 1.29 is 19.1 Å². The Morgan fingerprint density at radius 1 is 1.19 bits per heavy atom. The maximum atomic E-state index is 12.8. The van der Waals surface area contributed by atoms with E-state index in [4.69, 9.17) is 9.47 Å². The van der Waals surface area contributed by atoms with Gasteiger partial charge in [-0.15, -0.1) is 0 Å². The van der Waals surface area contributed by atoms with Gasteiger partial charge in [0.25, 0.3) is 11.8 Å². The summed E-state index contributed by atoms with van der Waals surface area (Å²) in [7, 11) is 0. The summed E-state index contributed by atoms with van der Waals surface area (Å²) in [5.41, 5.74) is 2.76. The molecule has 0 saturated carbocycles.